The van der Waals surface area contributed by atoms with Crippen molar-refractivity contribution in [3.8, 4) is 0 Å². The maximum atomic E-state index is 10.1. The van der Waals surface area contributed by atoms with Crippen LogP contribution in [-0.2, 0) is 41.9 Å². The molecule has 0 spiro atoms. The number of rotatable bonds is 8. The van der Waals surface area contributed by atoms with E-state index in [1.165, 1.54) is 11.1 Å². The summed E-state index contributed by atoms with van der Waals surface area (Å²) in [6.45, 7) is 0. The molecule has 0 radical (unpaired) electrons. The van der Waals surface area contributed by atoms with E-state index >= 15 is 0 Å². The summed E-state index contributed by atoms with van der Waals surface area (Å²) in [4.78, 5) is 20.2. The van der Waals surface area contributed by atoms with Crippen molar-refractivity contribution in [2.75, 3.05) is 0 Å². The van der Waals surface area contributed by atoms with Gasteiger partial charge in [0.2, 0.25) is 0 Å². The molecule has 0 aromatic heterocycles. The topological polar surface area (TPSA) is 80.3 Å². The molecule has 0 fully saturated rings. The van der Waals surface area contributed by atoms with Gasteiger partial charge < -0.3 is 19.8 Å². The van der Waals surface area contributed by atoms with Gasteiger partial charge in [-0.25, -0.2) is 0 Å². The van der Waals surface area contributed by atoms with Crippen LogP contribution in [0.25, 0.3) is 0 Å². The van der Waals surface area contributed by atoms with E-state index in [-0.39, 0.29) is 32.3 Å². The summed E-state index contributed by atoms with van der Waals surface area (Å²) < 4.78 is 0. The van der Waals surface area contributed by atoms with Gasteiger partial charge >= 0.3 is 19.5 Å². The third-order valence-electron chi connectivity index (χ3n) is 3.38. The molecule has 0 N–H and O–H groups in total. The van der Waals surface area contributed by atoms with Gasteiger partial charge in [0.25, 0.3) is 0 Å². The summed E-state index contributed by atoms with van der Waals surface area (Å²) in [7, 11) is 0. The fourth-order valence-electron chi connectivity index (χ4n) is 2.16. The van der Waals surface area contributed by atoms with Crippen LogP contribution in [-0.4, -0.2) is 11.9 Å². The average Bonchev–Trinajstić information content (AvgIpc) is 2.57. The van der Waals surface area contributed by atoms with Gasteiger partial charge in [-0.15, -0.1) is 0 Å². The Morgan fingerprint density at radius 2 is 0.960 bits per heavy atom. The second-order valence-electron chi connectivity index (χ2n) is 5.42. The van der Waals surface area contributed by atoms with Gasteiger partial charge in [-0.2, -0.15) is 0 Å². The minimum atomic E-state index is -0.967. The smallest absolute Gasteiger partial charge is 0.550 e. The molecule has 4 nitrogen and oxygen atoms in total. The van der Waals surface area contributed by atoms with Crippen LogP contribution in [0.5, 0.6) is 0 Å². The largest absolute Gasteiger partial charge is 2.00 e. The molecule has 2 aromatic carbocycles. The van der Waals surface area contributed by atoms with Crippen molar-refractivity contribution in [1.29, 1.82) is 0 Å². The Balaban J connectivity index is 0.000000443. The van der Waals surface area contributed by atoms with Crippen LogP contribution < -0.4 is 10.2 Å². The fourth-order valence-corrected chi connectivity index (χ4v) is 2.16. The summed E-state index contributed by atoms with van der Waals surface area (Å²) in [5.74, 6) is -1.93. The predicted octanol–water partition coefficient (Wildman–Crippen LogP) is 1.52. The first-order valence-electron chi connectivity index (χ1n) is 8.05. The summed E-state index contributed by atoms with van der Waals surface area (Å²) in [6.07, 6.45) is 3.24. The van der Waals surface area contributed by atoms with Crippen LogP contribution in [0.3, 0.4) is 0 Å². The molecule has 0 aliphatic rings. The standard InChI is InChI=1S/2C10H12O2.Zn/c2*11-10(12)8-4-7-9-5-2-1-3-6-9;/h2*1-3,5-6H,4,7-8H2,(H,11,12);/q;;+2/p-2. The second-order valence-corrected chi connectivity index (χ2v) is 5.42. The zero-order valence-electron chi connectivity index (χ0n) is 14.4. The molecule has 0 heterocycles. The number of hydrogen-bond acceptors (Lipinski definition) is 4. The van der Waals surface area contributed by atoms with E-state index < -0.39 is 11.9 Å². The molecule has 0 aliphatic carbocycles. The predicted molar refractivity (Wildman–Crippen MR) is 88.8 cm³/mol. The van der Waals surface area contributed by atoms with E-state index in [0.717, 1.165) is 12.8 Å². The molecule has 0 atom stereocenters. The van der Waals surface area contributed by atoms with Crippen LogP contribution >= 0.6 is 0 Å². The third-order valence-corrected chi connectivity index (χ3v) is 3.38. The zero-order chi connectivity index (χ0) is 17.6. The van der Waals surface area contributed by atoms with Crippen molar-refractivity contribution in [2.24, 2.45) is 0 Å². The van der Waals surface area contributed by atoms with E-state index in [4.69, 9.17) is 0 Å². The van der Waals surface area contributed by atoms with Gasteiger partial charge in [0, 0.05) is 11.9 Å². The Bertz CT molecular complexity index is 544. The monoisotopic (exact) mass is 390 g/mol. The number of hydrogen-bond donors (Lipinski definition) is 0. The first kappa shape index (κ1) is 23.0. The molecule has 0 aliphatic heterocycles. The van der Waals surface area contributed by atoms with E-state index in [1.54, 1.807) is 0 Å². The van der Waals surface area contributed by atoms with Crippen molar-refractivity contribution < 1.29 is 39.3 Å². The van der Waals surface area contributed by atoms with Gasteiger partial charge in [0.05, 0.1) is 0 Å². The van der Waals surface area contributed by atoms with Crippen LogP contribution in [0.15, 0.2) is 60.7 Å². The Morgan fingerprint density at radius 3 is 1.24 bits per heavy atom. The maximum Gasteiger partial charge on any atom is 2.00 e. The molecule has 0 saturated heterocycles. The Kier molecular flexibility index (Phi) is 13.2. The van der Waals surface area contributed by atoms with Crippen molar-refractivity contribution in [3.05, 3.63) is 71.8 Å². The average molecular weight is 392 g/mol. The number of carbonyl (C=O) groups excluding carboxylic acids is 2. The van der Waals surface area contributed by atoms with Crippen LogP contribution in [0, 0.1) is 0 Å². The number of aliphatic carboxylic acids is 2. The van der Waals surface area contributed by atoms with Crippen molar-refractivity contribution in [1.82, 2.24) is 0 Å². The van der Waals surface area contributed by atoms with E-state index in [0.29, 0.717) is 12.8 Å². The zero-order valence-corrected chi connectivity index (χ0v) is 17.3. The summed E-state index contributed by atoms with van der Waals surface area (Å²) in [6, 6.07) is 19.7. The minimum absolute atomic E-state index is 0. The maximum absolute atomic E-state index is 10.1. The summed E-state index contributed by atoms with van der Waals surface area (Å²) >= 11 is 0. The van der Waals surface area contributed by atoms with Crippen molar-refractivity contribution in [3.63, 3.8) is 0 Å². The van der Waals surface area contributed by atoms with Gasteiger partial charge in [0.1, 0.15) is 0 Å². The van der Waals surface area contributed by atoms with Gasteiger partial charge in [0.15, 0.2) is 0 Å². The number of benzene rings is 2. The minimum Gasteiger partial charge on any atom is -0.550 e. The van der Waals surface area contributed by atoms with E-state index in [2.05, 4.69) is 0 Å². The Labute approximate surface area is 161 Å². The molecule has 5 heteroatoms. The number of carboxylic acid groups (broad SMARTS) is 2. The van der Waals surface area contributed by atoms with Crippen LogP contribution in [0.4, 0.5) is 0 Å². The number of carbonyl (C=O) groups is 2. The molecule has 0 amide bonds. The molecule has 2 rings (SSSR count). The Hall–Kier alpha value is -2.00. The van der Waals surface area contributed by atoms with Crippen LogP contribution in [0.2, 0.25) is 0 Å². The normalized spacial score (nSPS) is 9.28. The molecular formula is C20H22O4Zn. The number of aryl methyl sites for hydroxylation is 2. The van der Waals surface area contributed by atoms with Gasteiger partial charge in [-0.3, -0.25) is 0 Å². The van der Waals surface area contributed by atoms with E-state index in [1.807, 2.05) is 60.7 Å². The second kappa shape index (κ2) is 14.4. The van der Waals surface area contributed by atoms with E-state index in [9.17, 15) is 19.8 Å². The van der Waals surface area contributed by atoms with Crippen molar-refractivity contribution >= 4 is 11.9 Å². The molecule has 0 bridgehead atoms. The van der Waals surface area contributed by atoms with Crippen molar-refractivity contribution in [2.45, 2.75) is 38.5 Å². The van der Waals surface area contributed by atoms with Gasteiger partial charge in [-0.1, -0.05) is 60.7 Å². The third kappa shape index (κ3) is 13.0. The van der Waals surface area contributed by atoms with Gasteiger partial charge in [-0.05, 0) is 49.7 Å². The summed E-state index contributed by atoms with van der Waals surface area (Å²) in [5.41, 5.74) is 2.36. The first-order chi connectivity index (χ1) is 11.6. The first-order valence-corrected chi connectivity index (χ1v) is 8.05. The number of carboxylic acids is 2. The molecule has 0 unspecified atom stereocenters. The molecular weight excluding hydrogens is 370 g/mol. The molecule has 0 saturated carbocycles. The summed E-state index contributed by atoms with van der Waals surface area (Å²) in [5, 5.41) is 20.2. The quantitative estimate of drug-likeness (QED) is 0.639. The van der Waals surface area contributed by atoms with Crippen LogP contribution in [0.1, 0.15) is 36.8 Å². The molecule has 2 aromatic rings. The SMILES string of the molecule is O=C([O-])CCCc1ccccc1.O=C([O-])CCCc1ccccc1.[Zn+2]. The Morgan fingerprint density at radius 1 is 0.640 bits per heavy atom. The molecule has 25 heavy (non-hydrogen) atoms. The fraction of sp³-hybridized carbons (Fsp3) is 0.300. The molecule has 128 valence electrons.